The molecular formula is C23H22Cl2N4O. The van der Waals surface area contributed by atoms with Crippen LogP contribution in [0, 0.1) is 11.8 Å². The Kier molecular flexibility index (Phi) is 5.25. The zero-order chi connectivity index (χ0) is 20.7. The molecule has 5 nitrogen and oxygen atoms in total. The van der Waals surface area contributed by atoms with Gasteiger partial charge in [-0.05, 0) is 42.9 Å². The molecule has 1 aromatic heterocycles. The van der Waals surface area contributed by atoms with Gasteiger partial charge in [-0.25, -0.2) is 0 Å². The molecule has 0 N–H and O–H groups in total. The molecule has 0 spiro atoms. The predicted molar refractivity (Wildman–Crippen MR) is 118 cm³/mol. The Bertz CT molecular complexity index is 1080. The summed E-state index contributed by atoms with van der Waals surface area (Å²) in [6, 6.07) is 13.7. The van der Waals surface area contributed by atoms with Crippen molar-refractivity contribution in [2.45, 2.75) is 25.8 Å². The van der Waals surface area contributed by atoms with Crippen molar-refractivity contribution in [2.75, 3.05) is 13.1 Å². The Labute approximate surface area is 185 Å². The summed E-state index contributed by atoms with van der Waals surface area (Å²) in [6.45, 7) is 2.52. The summed E-state index contributed by atoms with van der Waals surface area (Å²) in [4.78, 5) is 14.4. The van der Waals surface area contributed by atoms with Gasteiger partial charge in [-0.2, -0.15) is 0 Å². The quantitative estimate of drug-likeness (QED) is 0.549. The van der Waals surface area contributed by atoms with E-state index in [0.29, 0.717) is 27.8 Å². The highest BCUT2D eigenvalue weighted by atomic mass is 35.5. The summed E-state index contributed by atoms with van der Waals surface area (Å²) < 4.78 is 2.10. The largest absolute Gasteiger partial charge is 0.342 e. The highest BCUT2D eigenvalue weighted by Crippen LogP contribution is 2.34. The van der Waals surface area contributed by atoms with E-state index in [-0.39, 0.29) is 0 Å². The lowest BCUT2D eigenvalue weighted by Crippen LogP contribution is -2.30. The number of aromatic nitrogens is 3. The topological polar surface area (TPSA) is 51.0 Å². The van der Waals surface area contributed by atoms with Crippen LogP contribution in [0.3, 0.4) is 0 Å². The van der Waals surface area contributed by atoms with E-state index in [4.69, 9.17) is 23.2 Å². The Morgan fingerprint density at radius 2 is 1.80 bits per heavy atom. The van der Waals surface area contributed by atoms with E-state index in [1.54, 1.807) is 12.4 Å². The molecule has 1 aliphatic heterocycles. The molecule has 1 amide bonds. The van der Waals surface area contributed by atoms with Crippen LogP contribution in [0.1, 0.15) is 19.3 Å². The van der Waals surface area contributed by atoms with E-state index in [9.17, 15) is 4.79 Å². The van der Waals surface area contributed by atoms with Crippen molar-refractivity contribution in [1.82, 2.24) is 19.7 Å². The highest BCUT2D eigenvalue weighted by Gasteiger charge is 2.36. The standard InChI is InChI=1S/C23H22Cl2N4O/c24-19-7-8-20(21(25)11-19)16-1-3-17(4-2-16)22-27-26-14-29(22)13-15-9-10-28(12-15)23(30)18-5-6-18/h1-4,7-8,11,14-15,18H,5-6,9-10,12-13H2/t15-/m1/s1. The van der Waals surface area contributed by atoms with Crippen LogP contribution in [0.4, 0.5) is 0 Å². The maximum atomic E-state index is 12.3. The fourth-order valence-corrected chi connectivity index (χ4v) is 4.70. The van der Waals surface area contributed by atoms with Crippen LogP contribution in [0.5, 0.6) is 0 Å². The first-order chi connectivity index (χ1) is 14.6. The minimum Gasteiger partial charge on any atom is -0.342 e. The first-order valence-electron chi connectivity index (χ1n) is 10.3. The molecule has 7 heteroatoms. The summed E-state index contributed by atoms with van der Waals surface area (Å²) in [7, 11) is 0. The third-order valence-corrected chi connectivity index (χ3v) is 6.53. The number of hydrogen-bond donors (Lipinski definition) is 0. The summed E-state index contributed by atoms with van der Waals surface area (Å²) in [5.41, 5.74) is 2.97. The monoisotopic (exact) mass is 440 g/mol. The second-order valence-electron chi connectivity index (χ2n) is 8.22. The van der Waals surface area contributed by atoms with E-state index in [2.05, 4.69) is 14.8 Å². The zero-order valence-electron chi connectivity index (χ0n) is 16.5. The second kappa shape index (κ2) is 8.05. The number of likely N-dealkylation sites (tertiary alicyclic amines) is 1. The van der Waals surface area contributed by atoms with Crippen LogP contribution in [0.15, 0.2) is 48.8 Å². The van der Waals surface area contributed by atoms with Gasteiger partial charge in [-0.15, -0.1) is 10.2 Å². The molecule has 0 radical (unpaired) electrons. The molecule has 2 aliphatic rings. The van der Waals surface area contributed by atoms with Crippen molar-refractivity contribution in [1.29, 1.82) is 0 Å². The Balaban J connectivity index is 1.30. The Hall–Kier alpha value is -2.37. The molecule has 0 bridgehead atoms. The van der Waals surface area contributed by atoms with Crippen LogP contribution in [-0.4, -0.2) is 38.7 Å². The molecule has 1 aliphatic carbocycles. The number of amides is 1. The molecule has 30 heavy (non-hydrogen) atoms. The summed E-state index contributed by atoms with van der Waals surface area (Å²) >= 11 is 12.3. The van der Waals surface area contributed by atoms with E-state index in [1.807, 2.05) is 41.3 Å². The van der Waals surface area contributed by atoms with Crippen LogP contribution in [0.2, 0.25) is 10.0 Å². The van der Waals surface area contributed by atoms with Crippen molar-refractivity contribution in [3.05, 3.63) is 58.8 Å². The summed E-state index contributed by atoms with van der Waals surface area (Å²) in [5, 5.41) is 9.73. The van der Waals surface area contributed by atoms with E-state index in [1.165, 1.54) is 0 Å². The molecule has 1 saturated carbocycles. The number of benzene rings is 2. The zero-order valence-corrected chi connectivity index (χ0v) is 18.0. The first-order valence-corrected chi connectivity index (χ1v) is 11.1. The maximum Gasteiger partial charge on any atom is 0.225 e. The van der Waals surface area contributed by atoms with Gasteiger partial charge >= 0.3 is 0 Å². The minimum atomic E-state index is 0.293. The molecule has 2 fully saturated rings. The molecule has 154 valence electrons. The van der Waals surface area contributed by atoms with E-state index < -0.39 is 0 Å². The van der Waals surface area contributed by atoms with Crippen molar-refractivity contribution < 1.29 is 4.79 Å². The van der Waals surface area contributed by atoms with Crippen LogP contribution in [0.25, 0.3) is 22.5 Å². The van der Waals surface area contributed by atoms with Gasteiger partial charge in [0.15, 0.2) is 5.82 Å². The lowest BCUT2D eigenvalue weighted by atomic mass is 10.0. The lowest BCUT2D eigenvalue weighted by molar-refractivity contribution is -0.131. The maximum absolute atomic E-state index is 12.3. The van der Waals surface area contributed by atoms with Crippen molar-refractivity contribution in [3.63, 3.8) is 0 Å². The molecule has 0 unspecified atom stereocenters. The SMILES string of the molecule is O=C(C1CC1)N1CC[C@@H](Cn2cnnc2-c2ccc(-c3ccc(Cl)cc3Cl)cc2)C1. The van der Waals surface area contributed by atoms with Gasteiger partial charge in [0.25, 0.3) is 0 Å². The average Bonchev–Trinajstić information content (AvgIpc) is 3.32. The van der Waals surface area contributed by atoms with Gasteiger partial charge in [-0.3, -0.25) is 4.79 Å². The Morgan fingerprint density at radius 1 is 1.03 bits per heavy atom. The fraction of sp³-hybridized carbons (Fsp3) is 0.348. The normalized spacial score (nSPS) is 18.7. The van der Waals surface area contributed by atoms with Gasteiger partial charge < -0.3 is 9.47 Å². The smallest absolute Gasteiger partial charge is 0.225 e. The molecular weight excluding hydrogens is 419 g/mol. The van der Waals surface area contributed by atoms with Gasteiger partial charge in [0.1, 0.15) is 6.33 Å². The Morgan fingerprint density at radius 3 is 2.53 bits per heavy atom. The van der Waals surface area contributed by atoms with Crippen LogP contribution >= 0.6 is 23.2 Å². The van der Waals surface area contributed by atoms with Gasteiger partial charge in [-0.1, -0.05) is 53.5 Å². The number of nitrogens with zero attached hydrogens (tertiary/aromatic N) is 4. The lowest BCUT2D eigenvalue weighted by Gasteiger charge is -2.17. The van der Waals surface area contributed by atoms with E-state index in [0.717, 1.165) is 61.4 Å². The van der Waals surface area contributed by atoms with Crippen molar-refractivity contribution in [2.24, 2.45) is 11.8 Å². The number of carbonyl (C=O) groups excluding carboxylic acids is 1. The first kappa shape index (κ1) is 19.6. The molecule has 2 aromatic carbocycles. The molecule has 1 atom stereocenters. The predicted octanol–water partition coefficient (Wildman–Crippen LogP) is 5.18. The minimum absolute atomic E-state index is 0.293. The van der Waals surface area contributed by atoms with Gasteiger partial charge in [0, 0.05) is 46.7 Å². The fourth-order valence-electron chi connectivity index (χ4n) is 4.18. The molecule has 2 heterocycles. The number of hydrogen-bond acceptors (Lipinski definition) is 3. The molecule has 5 rings (SSSR count). The number of carbonyl (C=O) groups is 1. The van der Waals surface area contributed by atoms with Crippen molar-refractivity contribution >= 4 is 29.1 Å². The van der Waals surface area contributed by atoms with Crippen molar-refractivity contribution in [3.8, 4) is 22.5 Å². The average molecular weight is 441 g/mol. The third-order valence-electron chi connectivity index (χ3n) is 5.98. The van der Waals surface area contributed by atoms with Gasteiger partial charge in [0.05, 0.1) is 0 Å². The van der Waals surface area contributed by atoms with E-state index >= 15 is 0 Å². The summed E-state index contributed by atoms with van der Waals surface area (Å²) in [5.74, 6) is 1.92. The number of halogens is 2. The number of rotatable bonds is 5. The summed E-state index contributed by atoms with van der Waals surface area (Å²) in [6.07, 6.45) is 4.94. The third kappa shape index (κ3) is 3.96. The molecule has 1 saturated heterocycles. The van der Waals surface area contributed by atoms with Gasteiger partial charge in [0.2, 0.25) is 5.91 Å². The second-order valence-corrected chi connectivity index (χ2v) is 9.07. The van der Waals surface area contributed by atoms with Crippen LogP contribution < -0.4 is 0 Å². The van der Waals surface area contributed by atoms with Crippen LogP contribution in [-0.2, 0) is 11.3 Å². The molecule has 3 aromatic rings. The highest BCUT2D eigenvalue weighted by molar-refractivity contribution is 6.36.